The van der Waals surface area contributed by atoms with Gasteiger partial charge in [0.05, 0.1) is 12.4 Å². The summed E-state index contributed by atoms with van der Waals surface area (Å²) in [6, 6.07) is 23.5. The van der Waals surface area contributed by atoms with Crippen molar-refractivity contribution in [2.75, 3.05) is 0 Å². The molecule has 0 bridgehead atoms. The first-order valence-corrected chi connectivity index (χ1v) is 8.34. The standard InChI is InChI=1S/C13H10.C6H6O.C3H3N3/c1-4-10-6-2-8-12-9-3-7-11(5-1)13(10)12;7-6-4-2-1-3-5-6;1-2-4-6-5-3-1/h1-8H,9H2;1-5,7H;1-3H. The minimum Gasteiger partial charge on any atom is -0.508 e. The lowest BCUT2D eigenvalue weighted by molar-refractivity contribution is 0.475. The fourth-order valence-corrected chi connectivity index (χ4v) is 2.70. The smallest absolute Gasteiger partial charge is 0.115 e. The van der Waals surface area contributed by atoms with Gasteiger partial charge < -0.3 is 5.11 Å². The van der Waals surface area contributed by atoms with Crippen LogP contribution in [0, 0.1) is 0 Å². The second kappa shape index (κ2) is 9.08. The minimum atomic E-state index is 0.322. The number of aromatic hydroxyl groups is 1. The Morgan fingerprint density at radius 3 is 2.04 bits per heavy atom. The van der Waals surface area contributed by atoms with E-state index in [2.05, 4.69) is 64.0 Å². The number of hydrogen-bond donors (Lipinski definition) is 1. The highest BCUT2D eigenvalue weighted by Crippen LogP contribution is 2.27. The van der Waals surface area contributed by atoms with Gasteiger partial charge in [-0.3, -0.25) is 0 Å². The molecule has 1 N–H and O–H groups in total. The number of para-hydroxylation sites is 1. The normalized spacial score (nSPS) is 10.9. The third kappa shape index (κ3) is 4.74. The van der Waals surface area contributed by atoms with Crippen molar-refractivity contribution >= 4 is 16.8 Å². The number of allylic oxidation sites excluding steroid dienone is 1. The van der Waals surface area contributed by atoms with Crippen LogP contribution >= 0.6 is 0 Å². The highest BCUT2D eigenvalue weighted by Gasteiger charge is 2.06. The highest BCUT2D eigenvalue weighted by atomic mass is 16.3. The molecule has 1 aliphatic carbocycles. The van der Waals surface area contributed by atoms with Gasteiger partial charge in [0.25, 0.3) is 0 Å². The summed E-state index contributed by atoms with van der Waals surface area (Å²) >= 11 is 0. The monoisotopic (exact) mass is 341 g/mol. The number of phenols is 1. The Morgan fingerprint density at radius 2 is 1.46 bits per heavy atom. The second-order valence-corrected chi connectivity index (χ2v) is 5.62. The lowest BCUT2D eigenvalue weighted by atomic mass is 9.93. The molecule has 4 aromatic rings. The van der Waals surface area contributed by atoms with Crippen molar-refractivity contribution in [3.05, 3.63) is 102 Å². The van der Waals surface area contributed by atoms with E-state index >= 15 is 0 Å². The van der Waals surface area contributed by atoms with Crippen molar-refractivity contribution in [3.63, 3.8) is 0 Å². The molecule has 128 valence electrons. The summed E-state index contributed by atoms with van der Waals surface area (Å²) in [5.41, 5.74) is 2.81. The molecule has 1 aliphatic rings. The Balaban J connectivity index is 0.000000128. The molecule has 0 amide bonds. The van der Waals surface area contributed by atoms with Gasteiger partial charge in [-0.25, -0.2) is 0 Å². The Morgan fingerprint density at radius 1 is 0.731 bits per heavy atom. The summed E-state index contributed by atoms with van der Waals surface area (Å²) in [6.07, 6.45) is 8.68. The number of nitrogens with zero attached hydrogens (tertiary/aromatic N) is 3. The molecule has 1 heterocycles. The van der Waals surface area contributed by atoms with Crippen molar-refractivity contribution in [2.45, 2.75) is 6.42 Å². The van der Waals surface area contributed by atoms with Crippen LogP contribution in [0.1, 0.15) is 11.1 Å². The van der Waals surface area contributed by atoms with E-state index < -0.39 is 0 Å². The molecule has 0 saturated heterocycles. The van der Waals surface area contributed by atoms with Crippen LogP contribution in [0.4, 0.5) is 0 Å². The third-order valence-corrected chi connectivity index (χ3v) is 3.82. The van der Waals surface area contributed by atoms with E-state index in [4.69, 9.17) is 5.11 Å². The van der Waals surface area contributed by atoms with E-state index in [0.717, 1.165) is 6.42 Å². The van der Waals surface area contributed by atoms with Gasteiger partial charge in [0.15, 0.2) is 0 Å². The predicted octanol–water partition coefficient (Wildman–Crippen LogP) is 4.67. The zero-order chi connectivity index (χ0) is 18.0. The second-order valence-electron chi connectivity index (χ2n) is 5.62. The van der Waals surface area contributed by atoms with E-state index in [0.29, 0.717) is 5.75 Å². The predicted molar refractivity (Wildman–Crippen MR) is 105 cm³/mol. The molecule has 0 unspecified atom stereocenters. The molecule has 0 fully saturated rings. The van der Waals surface area contributed by atoms with Crippen LogP contribution in [0.25, 0.3) is 16.8 Å². The zero-order valence-corrected chi connectivity index (χ0v) is 14.2. The molecule has 0 spiro atoms. The van der Waals surface area contributed by atoms with Crippen LogP contribution in [0.15, 0.2) is 91.3 Å². The SMILES string of the molecule is C1=Cc2cccc3cccc(c23)C1.Oc1ccccc1.c1cnnnc1. The fraction of sp³-hybridized carbons (Fsp3) is 0.0455. The molecule has 1 aromatic heterocycles. The summed E-state index contributed by atoms with van der Waals surface area (Å²) in [7, 11) is 0. The summed E-state index contributed by atoms with van der Waals surface area (Å²) in [6.45, 7) is 0. The largest absolute Gasteiger partial charge is 0.508 e. The minimum absolute atomic E-state index is 0.322. The van der Waals surface area contributed by atoms with Crippen molar-refractivity contribution < 1.29 is 5.11 Å². The van der Waals surface area contributed by atoms with Crippen molar-refractivity contribution in [3.8, 4) is 5.75 Å². The van der Waals surface area contributed by atoms with E-state index in [1.165, 1.54) is 21.9 Å². The number of rotatable bonds is 0. The number of benzene rings is 3. The maximum Gasteiger partial charge on any atom is 0.115 e. The lowest BCUT2D eigenvalue weighted by Gasteiger charge is -2.11. The average Bonchev–Trinajstić information content (AvgIpc) is 2.72. The van der Waals surface area contributed by atoms with Gasteiger partial charge in [0.2, 0.25) is 0 Å². The van der Waals surface area contributed by atoms with Crippen LogP contribution in [0.3, 0.4) is 0 Å². The van der Waals surface area contributed by atoms with Crippen molar-refractivity contribution in [1.29, 1.82) is 0 Å². The summed E-state index contributed by atoms with van der Waals surface area (Å²) in [4.78, 5) is 0. The number of phenolic OH excluding ortho intramolecular Hbond substituents is 1. The number of hydrogen-bond acceptors (Lipinski definition) is 4. The Hall–Kier alpha value is -3.53. The lowest BCUT2D eigenvalue weighted by Crippen LogP contribution is -1.91. The van der Waals surface area contributed by atoms with Gasteiger partial charge in [-0.15, -0.1) is 10.2 Å². The van der Waals surface area contributed by atoms with Crippen LogP contribution in [0.5, 0.6) is 5.75 Å². The highest BCUT2D eigenvalue weighted by molar-refractivity contribution is 5.94. The molecule has 4 nitrogen and oxygen atoms in total. The van der Waals surface area contributed by atoms with E-state index in [1.807, 2.05) is 6.07 Å². The molecule has 0 radical (unpaired) electrons. The quantitative estimate of drug-likeness (QED) is 0.505. The van der Waals surface area contributed by atoms with Crippen molar-refractivity contribution in [1.82, 2.24) is 15.4 Å². The Bertz CT molecular complexity index is 938. The van der Waals surface area contributed by atoms with Gasteiger partial charge in [-0.2, -0.15) is 0 Å². The van der Waals surface area contributed by atoms with Crippen LogP contribution in [-0.2, 0) is 6.42 Å². The Kier molecular flexibility index (Phi) is 6.04. The van der Waals surface area contributed by atoms with E-state index in [1.54, 1.807) is 42.7 Å². The van der Waals surface area contributed by atoms with Gasteiger partial charge in [0, 0.05) is 0 Å². The molecule has 4 heteroatoms. The van der Waals surface area contributed by atoms with Gasteiger partial charge in [0.1, 0.15) is 5.75 Å². The molecule has 5 rings (SSSR count). The maximum atomic E-state index is 8.63. The van der Waals surface area contributed by atoms with E-state index in [9.17, 15) is 0 Å². The first-order valence-electron chi connectivity index (χ1n) is 8.34. The average molecular weight is 341 g/mol. The summed E-state index contributed by atoms with van der Waals surface area (Å²) in [5.74, 6) is 0.322. The fourth-order valence-electron chi connectivity index (χ4n) is 2.70. The first kappa shape index (κ1) is 17.3. The van der Waals surface area contributed by atoms with Crippen LogP contribution in [-0.4, -0.2) is 20.5 Å². The van der Waals surface area contributed by atoms with Gasteiger partial charge >= 0.3 is 0 Å². The molecule has 0 atom stereocenters. The number of aromatic nitrogens is 3. The molecule has 26 heavy (non-hydrogen) atoms. The summed E-state index contributed by atoms with van der Waals surface area (Å²) < 4.78 is 0. The molecule has 3 aromatic carbocycles. The summed E-state index contributed by atoms with van der Waals surface area (Å²) in [5, 5.41) is 21.6. The van der Waals surface area contributed by atoms with Crippen LogP contribution < -0.4 is 0 Å². The maximum absolute atomic E-state index is 8.63. The zero-order valence-electron chi connectivity index (χ0n) is 14.2. The third-order valence-electron chi connectivity index (χ3n) is 3.82. The first-order chi connectivity index (χ1) is 12.8. The van der Waals surface area contributed by atoms with Crippen LogP contribution in [0.2, 0.25) is 0 Å². The Labute approximate surface area is 152 Å². The van der Waals surface area contributed by atoms with Gasteiger partial charge in [-0.1, -0.05) is 66.7 Å². The molecule has 0 saturated carbocycles. The molecular formula is C22H19N3O. The molecular weight excluding hydrogens is 322 g/mol. The topological polar surface area (TPSA) is 58.9 Å². The van der Waals surface area contributed by atoms with Crippen molar-refractivity contribution in [2.24, 2.45) is 0 Å². The molecule has 0 aliphatic heterocycles. The van der Waals surface area contributed by atoms with Gasteiger partial charge in [-0.05, 0) is 51.7 Å². The van der Waals surface area contributed by atoms with E-state index in [-0.39, 0.29) is 0 Å².